The van der Waals surface area contributed by atoms with Crippen molar-refractivity contribution in [3.8, 4) is 0 Å². The molecule has 1 aromatic heterocycles. The van der Waals surface area contributed by atoms with E-state index in [1.165, 1.54) is 12.8 Å². The second-order valence-electron chi connectivity index (χ2n) is 3.62. The second-order valence-corrected chi connectivity index (χ2v) is 4.00. The highest BCUT2D eigenvalue weighted by atomic mass is 35.5. The molecule has 13 heavy (non-hydrogen) atoms. The minimum Gasteiger partial charge on any atom is -0.367 e. The molecule has 1 atom stereocenters. The van der Waals surface area contributed by atoms with Gasteiger partial charge in [0.2, 0.25) is 0 Å². The average molecular weight is 197 g/mol. The first-order valence-electron chi connectivity index (χ1n) is 4.65. The lowest BCUT2D eigenvalue weighted by Crippen LogP contribution is -2.17. The van der Waals surface area contributed by atoms with Crippen molar-refractivity contribution >= 4 is 17.4 Å². The summed E-state index contributed by atoms with van der Waals surface area (Å²) in [6, 6.07) is 6.17. The lowest BCUT2D eigenvalue weighted by molar-refractivity contribution is 0.691. The van der Waals surface area contributed by atoms with Crippen LogP contribution in [-0.2, 0) is 0 Å². The van der Waals surface area contributed by atoms with Gasteiger partial charge >= 0.3 is 0 Å². The number of hydrogen-bond donors (Lipinski definition) is 1. The molecule has 1 N–H and O–H groups in total. The van der Waals surface area contributed by atoms with Crippen molar-refractivity contribution in [1.29, 1.82) is 0 Å². The maximum absolute atomic E-state index is 5.77. The lowest BCUT2D eigenvalue weighted by atomic mass is 10.2. The first-order valence-corrected chi connectivity index (χ1v) is 5.02. The number of nitrogens with one attached hydrogen (secondary N) is 1. The van der Waals surface area contributed by atoms with Gasteiger partial charge in [-0.15, -0.1) is 0 Å². The van der Waals surface area contributed by atoms with Crippen LogP contribution in [0.25, 0.3) is 0 Å². The van der Waals surface area contributed by atoms with E-state index >= 15 is 0 Å². The summed E-state index contributed by atoms with van der Waals surface area (Å²) in [5.74, 6) is 1.72. The highest BCUT2D eigenvalue weighted by Crippen LogP contribution is 2.33. The Morgan fingerprint density at radius 1 is 1.54 bits per heavy atom. The molecule has 1 aliphatic carbocycles. The van der Waals surface area contributed by atoms with E-state index < -0.39 is 0 Å². The fourth-order valence-corrected chi connectivity index (χ4v) is 1.60. The van der Waals surface area contributed by atoms with Gasteiger partial charge in [0.25, 0.3) is 0 Å². The Morgan fingerprint density at radius 3 is 2.92 bits per heavy atom. The van der Waals surface area contributed by atoms with Crippen LogP contribution < -0.4 is 5.32 Å². The van der Waals surface area contributed by atoms with Gasteiger partial charge in [0.05, 0.1) is 0 Å². The molecule has 0 saturated heterocycles. The predicted octanol–water partition coefficient (Wildman–Crippen LogP) is 2.95. The van der Waals surface area contributed by atoms with Crippen LogP contribution in [0.15, 0.2) is 18.2 Å². The zero-order chi connectivity index (χ0) is 9.26. The van der Waals surface area contributed by atoms with E-state index in [1.54, 1.807) is 6.07 Å². The number of anilines is 1. The number of nitrogens with zero attached hydrogens (tertiary/aromatic N) is 1. The molecule has 1 heterocycles. The van der Waals surface area contributed by atoms with Crippen molar-refractivity contribution in [2.45, 2.75) is 25.8 Å². The highest BCUT2D eigenvalue weighted by Gasteiger charge is 2.27. The molecular formula is C10H13ClN2. The van der Waals surface area contributed by atoms with Gasteiger partial charge in [-0.1, -0.05) is 17.7 Å². The van der Waals surface area contributed by atoms with E-state index in [1.807, 2.05) is 12.1 Å². The first kappa shape index (κ1) is 8.82. The van der Waals surface area contributed by atoms with Crippen LogP contribution >= 0.6 is 11.6 Å². The van der Waals surface area contributed by atoms with E-state index in [9.17, 15) is 0 Å². The maximum Gasteiger partial charge on any atom is 0.131 e. The van der Waals surface area contributed by atoms with E-state index in [0.29, 0.717) is 11.2 Å². The fraction of sp³-hybridized carbons (Fsp3) is 0.500. The molecule has 0 amide bonds. The van der Waals surface area contributed by atoms with Crippen LogP contribution in [0.3, 0.4) is 0 Å². The molecule has 1 aromatic rings. The highest BCUT2D eigenvalue weighted by molar-refractivity contribution is 6.29. The quantitative estimate of drug-likeness (QED) is 0.752. The predicted molar refractivity (Wildman–Crippen MR) is 55.1 cm³/mol. The normalized spacial score (nSPS) is 18.3. The van der Waals surface area contributed by atoms with Crippen molar-refractivity contribution in [2.24, 2.45) is 5.92 Å². The minimum atomic E-state index is 0.519. The Hall–Kier alpha value is -0.760. The third-order valence-electron chi connectivity index (χ3n) is 2.42. The summed E-state index contributed by atoms with van der Waals surface area (Å²) in [6.45, 7) is 2.19. The third kappa shape index (κ3) is 2.34. The molecule has 1 aliphatic rings. The minimum absolute atomic E-state index is 0.519. The Labute approximate surface area is 83.3 Å². The molecule has 1 saturated carbocycles. The average Bonchev–Trinajstić information content (AvgIpc) is 2.85. The number of halogens is 1. The van der Waals surface area contributed by atoms with Crippen LogP contribution in [0.4, 0.5) is 5.82 Å². The fourth-order valence-electron chi connectivity index (χ4n) is 1.44. The Bertz CT molecular complexity index is 297. The van der Waals surface area contributed by atoms with E-state index in [4.69, 9.17) is 11.6 Å². The van der Waals surface area contributed by atoms with Gasteiger partial charge < -0.3 is 5.32 Å². The van der Waals surface area contributed by atoms with Gasteiger partial charge in [-0.25, -0.2) is 4.98 Å². The van der Waals surface area contributed by atoms with Crippen LogP contribution in [0, 0.1) is 5.92 Å². The molecule has 0 radical (unpaired) electrons. The van der Waals surface area contributed by atoms with Crippen molar-refractivity contribution in [3.05, 3.63) is 23.4 Å². The molecule has 2 nitrogen and oxygen atoms in total. The molecular weight excluding hydrogens is 184 g/mol. The Morgan fingerprint density at radius 2 is 2.31 bits per heavy atom. The molecule has 1 fully saturated rings. The summed E-state index contributed by atoms with van der Waals surface area (Å²) in [7, 11) is 0. The monoisotopic (exact) mass is 196 g/mol. The smallest absolute Gasteiger partial charge is 0.131 e. The summed E-state index contributed by atoms with van der Waals surface area (Å²) < 4.78 is 0. The number of pyridine rings is 1. The topological polar surface area (TPSA) is 24.9 Å². The van der Waals surface area contributed by atoms with Crippen LogP contribution in [0.2, 0.25) is 5.15 Å². The number of rotatable bonds is 3. The Balaban J connectivity index is 2.00. The molecule has 2 rings (SSSR count). The van der Waals surface area contributed by atoms with Crippen molar-refractivity contribution in [2.75, 3.05) is 5.32 Å². The second kappa shape index (κ2) is 3.54. The van der Waals surface area contributed by atoms with Crippen LogP contribution in [-0.4, -0.2) is 11.0 Å². The number of aromatic nitrogens is 1. The van der Waals surface area contributed by atoms with E-state index in [0.717, 1.165) is 11.7 Å². The first-order chi connectivity index (χ1) is 6.25. The standard InChI is InChI=1S/C10H13ClN2/c1-7(8-5-6-8)12-10-4-2-3-9(11)13-10/h2-4,7-8H,5-6H2,1H3,(H,12,13). The van der Waals surface area contributed by atoms with Gasteiger partial charge in [0.15, 0.2) is 0 Å². The van der Waals surface area contributed by atoms with Gasteiger partial charge in [-0.3, -0.25) is 0 Å². The Kier molecular flexibility index (Phi) is 2.40. The molecule has 3 heteroatoms. The molecule has 0 aromatic carbocycles. The molecule has 1 unspecified atom stereocenters. The van der Waals surface area contributed by atoms with Gasteiger partial charge in [0.1, 0.15) is 11.0 Å². The van der Waals surface area contributed by atoms with Crippen molar-refractivity contribution in [1.82, 2.24) is 4.98 Å². The summed E-state index contributed by atoms with van der Waals surface area (Å²) >= 11 is 5.77. The zero-order valence-electron chi connectivity index (χ0n) is 7.63. The SMILES string of the molecule is CC(Nc1cccc(Cl)n1)C1CC1. The van der Waals surface area contributed by atoms with Crippen molar-refractivity contribution < 1.29 is 0 Å². The molecule has 0 bridgehead atoms. The van der Waals surface area contributed by atoms with Crippen molar-refractivity contribution in [3.63, 3.8) is 0 Å². The van der Waals surface area contributed by atoms with Crippen LogP contribution in [0.5, 0.6) is 0 Å². The summed E-state index contributed by atoms with van der Waals surface area (Å²) in [5, 5.41) is 3.90. The summed E-state index contributed by atoms with van der Waals surface area (Å²) in [4.78, 5) is 4.18. The summed E-state index contributed by atoms with van der Waals surface area (Å²) in [5.41, 5.74) is 0. The molecule has 0 aliphatic heterocycles. The van der Waals surface area contributed by atoms with Crippen LogP contribution in [0.1, 0.15) is 19.8 Å². The zero-order valence-corrected chi connectivity index (χ0v) is 8.38. The maximum atomic E-state index is 5.77. The molecule has 70 valence electrons. The van der Waals surface area contributed by atoms with E-state index in [2.05, 4.69) is 17.2 Å². The number of hydrogen-bond acceptors (Lipinski definition) is 2. The van der Waals surface area contributed by atoms with Gasteiger partial charge in [-0.2, -0.15) is 0 Å². The lowest BCUT2D eigenvalue weighted by Gasteiger charge is -2.12. The van der Waals surface area contributed by atoms with Gasteiger partial charge in [-0.05, 0) is 37.8 Å². The van der Waals surface area contributed by atoms with E-state index in [-0.39, 0.29) is 0 Å². The van der Waals surface area contributed by atoms with Gasteiger partial charge in [0, 0.05) is 6.04 Å². The molecule has 0 spiro atoms. The largest absolute Gasteiger partial charge is 0.367 e. The summed E-state index contributed by atoms with van der Waals surface area (Å²) in [6.07, 6.45) is 2.68. The third-order valence-corrected chi connectivity index (χ3v) is 2.63.